The first-order valence-electron chi connectivity index (χ1n) is 8.70. The highest BCUT2D eigenvalue weighted by atomic mass is 16.5. The number of rotatable bonds is 6. The molecule has 3 heterocycles. The average molecular weight is 343 g/mol. The van der Waals surface area contributed by atoms with E-state index in [2.05, 4.69) is 10.1 Å². The number of nitrogens with two attached hydrogens (primary N) is 1. The molecule has 134 valence electrons. The summed E-state index contributed by atoms with van der Waals surface area (Å²) in [6.07, 6.45) is 5.90. The van der Waals surface area contributed by atoms with E-state index < -0.39 is 0 Å². The van der Waals surface area contributed by atoms with Crippen LogP contribution in [-0.4, -0.2) is 51.4 Å². The van der Waals surface area contributed by atoms with E-state index in [4.69, 9.17) is 10.5 Å². The van der Waals surface area contributed by atoms with Gasteiger partial charge in [0.25, 0.3) is 0 Å². The van der Waals surface area contributed by atoms with Crippen molar-refractivity contribution in [3.63, 3.8) is 0 Å². The Bertz CT molecular complexity index is 715. The van der Waals surface area contributed by atoms with Gasteiger partial charge in [-0.15, -0.1) is 0 Å². The fraction of sp³-hybridized carbons (Fsp3) is 0.500. The number of nitrogens with zero attached hydrogens (tertiary/aromatic N) is 4. The van der Waals surface area contributed by atoms with Gasteiger partial charge >= 0.3 is 0 Å². The molecule has 1 fully saturated rings. The summed E-state index contributed by atoms with van der Waals surface area (Å²) >= 11 is 0. The van der Waals surface area contributed by atoms with Gasteiger partial charge in [-0.25, -0.2) is 4.98 Å². The van der Waals surface area contributed by atoms with Gasteiger partial charge in [0.05, 0.1) is 18.4 Å². The minimum absolute atomic E-state index is 0.0686. The van der Waals surface area contributed by atoms with E-state index in [1.54, 1.807) is 6.20 Å². The van der Waals surface area contributed by atoms with E-state index in [9.17, 15) is 4.79 Å². The Balaban J connectivity index is 1.46. The molecular formula is C18H25N5O2. The van der Waals surface area contributed by atoms with E-state index >= 15 is 0 Å². The number of hydrogen-bond acceptors (Lipinski definition) is 5. The molecule has 0 saturated carbocycles. The van der Waals surface area contributed by atoms with Gasteiger partial charge in [-0.3, -0.25) is 9.48 Å². The molecule has 0 radical (unpaired) electrons. The Morgan fingerprint density at radius 3 is 3.08 bits per heavy atom. The number of anilines is 1. The molecule has 2 N–H and O–H groups in total. The lowest BCUT2D eigenvalue weighted by Crippen LogP contribution is -2.46. The largest absolute Gasteiger partial charge is 0.384 e. The van der Waals surface area contributed by atoms with E-state index in [0.29, 0.717) is 38.5 Å². The quantitative estimate of drug-likeness (QED) is 0.857. The normalized spacial score (nSPS) is 17.6. The number of carbonyl (C=O) groups is 1. The van der Waals surface area contributed by atoms with Crippen LogP contribution in [0.4, 0.5) is 5.82 Å². The van der Waals surface area contributed by atoms with Crippen LogP contribution < -0.4 is 5.73 Å². The summed E-state index contributed by atoms with van der Waals surface area (Å²) < 4.78 is 7.64. The van der Waals surface area contributed by atoms with Gasteiger partial charge in [0, 0.05) is 38.4 Å². The lowest BCUT2D eigenvalue weighted by Gasteiger charge is -2.33. The van der Waals surface area contributed by atoms with Crippen molar-refractivity contribution in [3.05, 3.63) is 41.9 Å². The second kappa shape index (κ2) is 8.11. The number of pyridine rings is 1. The maximum atomic E-state index is 12.4. The average Bonchev–Trinajstić information content (AvgIpc) is 3.03. The van der Waals surface area contributed by atoms with E-state index in [0.717, 1.165) is 24.1 Å². The van der Waals surface area contributed by atoms with Crippen molar-refractivity contribution in [3.8, 4) is 0 Å². The standard InChI is InChI=1S/C18H25N5O2/c1-14-5-8-23(21-14)9-6-18(24)22-10-11-25-16(13-22)3-2-15-4-7-20-17(19)12-15/h4-5,7-8,12,16H,2-3,6,9-11,13H2,1H3,(H2,19,20). The van der Waals surface area contributed by atoms with Crippen LogP contribution in [0.25, 0.3) is 0 Å². The summed E-state index contributed by atoms with van der Waals surface area (Å²) in [5, 5.41) is 4.32. The zero-order chi connectivity index (χ0) is 17.6. The monoisotopic (exact) mass is 343 g/mol. The molecule has 7 nitrogen and oxygen atoms in total. The zero-order valence-corrected chi connectivity index (χ0v) is 14.6. The van der Waals surface area contributed by atoms with Gasteiger partial charge in [0.15, 0.2) is 0 Å². The molecule has 7 heteroatoms. The predicted octanol–water partition coefficient (Wildman–Crippen LogP) is 1.42. The van der Waals surface area contributed by atoms with E-state index in [1.807, 2.05) is 40.9 Å². The Labute approximate surface area is 147 Å². The van der Waals surface area contributed by atoms with Crippen LogP contribution in [0, 0.1) is 6.92 Å². The molecule has 25 heavy (non-hydrogen) atoms. The van der Waals surface area contributed by atoms with Gasteiger partial charge in [0.1, 0.15) is 5.82 Å². The number of morpholine rings is 1. The molecule has 0 aliphatic carbocycles. The third kappa shape index (κ3) is 5.03. The van der Waals surface area contributed by atoms with Crippen LogP contribution in [0.15, 0.2) is 30.6 Å². The number of carbonyl (C=O) groups excluding carboxylic acids is 1. The lowest BCUT2D eigenvalue weighted by molar-refractivity contribution is -0.139. The first-order chi connectivity index (χ1) is 12.1. The van der Waals surface area contributed by atoms with Gasteiger partial charge in [-0.1, -0.05) is 0 Å². The number of aromatic nitrogens is 3. The van der Waals surface area contributed by atoms with Crippen LogP contribution in [-0.2, 0) is 22.5 Å². The summed E-state index contributed by atoms with van der Waals surface area (Å²) in [7, 11) is 0. The summed E-state index contributed by atoms with van der Waals surface area (Å²) in [4.78, 5) is 18.4. The molecule has 0 bridgehead atoms. The predicted molar refractivity (Wildman–Crippen MR) is 94.9 cm³/mol. The highest BCUT2D eigenvalue weighted by Crippen LogP contribution is 2.14. The van der Waals surface area contributed by atoms with Crippen molar-refractivity contribution >= 4 is 11.7 Å². The third-order valence-corrected chi connectivity index (χ3v) is 4.42. The number of ether oxygens (including phenoxy) is 1. The number of nitrogen functional groups attached to an aromatic ring is 1. The van der Waals surface area contributed by atoms with Crippen molar-refractivity contribution in [2.45, 2.75) is 38.8 Å². The molecule has 1 saturated heterocycles. The van der Waals surface area contributed by atoms with Crippen molar-refractivity contribution < 1.29 is 9.53 Å². The highest BCUT2D eigenvalue weighted by Gasteiger charge is 2.23. The zero-order valence-electron chi connectivity index (χ0n) is 14.6. The maximum absolute atomic E-state index is 12.4. The van der Waals surface area contributed by atoms with Crippen molar-refractivity contribution in [1.82, 2.24) is 19.7 Å². The Morgan fingerprint density at radius 2 is 2.32 bits per heavy atom. The number of amides is 1. The first kappa shape index (κ1) is 17.4. The van der Waals surface area contributed by atoms with Crippen LogP contribution >= 0.6 is 0 Å². The Hall–Kier alpha value is -2.41. The summed E-state index contributed by atoms with van der Waals surface area (Å²) in [5.74, 6) is 0.697. The maximum Gasteiger partial charge on any atom is 0.224 e. The Kier molecular flexibility index (Phi) is 5.65. The first-order valence-corrected chi connectivity index (χ1v) is 8.70. The van der Waals surface area contributed by atoms with E-state index in [-0.39, 0.29) is 12.0 Å². The molecule has 1 aliphatic heterocycles. The minimum Gasteiger partial charge on any atom is -0.384 e. The number of hydrogen-bond donors (Lipinski definition) is 1. The molecule has 1 aliphatic rings. The third-order valence-electron chi connectivity index (χ3n) is 4.42. The second-order valence-electron chi connectivity index (χ2n) is 6.43. The second-order valence-corrected chi connectivity index (χ2v) is 6.43. The molecule has 2 aromatic heterocycles. The van der Waals surface area contributed by atoms with Crippen molar-refractivity contribution in [2.75, 3.05) is 25.4 Å². The van der Waals surface area contributed by atoms with Gasteiger partial charge < -0.3 is 15.4 Å². The Morgan fingerprint density at radius 1 is 1.44 bits per heavy atom. The van der Waals surface area contributed by atoms with Crippen LogP contribution in [0.3, 0.4) is 0 Å². The fourth-order valence-corrected chi connectivity index (χ4v) is 3.05. The fourth-order valence-electron chi connectivity index (χ4n) is 3.05. The smallest absolute Gasteiger partial charge is 0.224 e. The minimum atomic E-state index is 0.0686. The topological polar surface area (TPSA) is 86.3 Å². The lowest BCUT2D eigenvalue weighted by atomic mass is 10.1. The van der Waals surface area contributed by atoms with Crippen LogP contribution in [0.2, 0.25) is 0 Å². The highest BCUT2D eigenvalue weighted by molar-refractivity contribution is 5.76. The molecular weight excluding hydrogens is 318 g/mol. The van der Waals surface area contributed by atoms with Gasteiger partial charge in [0.2, 0.25) is 5.91 Å². The summed E-state index contributed by atoms with van der Waals surface area (Å²) in [5.41, 5.74) is 7.82. The van der Waals surface area contributed by atoms with Crippen molar-refractivity contribution in [1.29, 1.82) is 0 Å². The molecule has 1 unspecified atom stereocenters. The molecule has 1 amide bonds. The van der Waals surface area contributed by atoms with Gasteiger partial charge in [-0.2, -0.15) is 5.10 Å². The molecule has 3 rings (SSSR count). The number of aryl methyl sites for hydroxylation is 3. The van der Waals surface area contributed by atoms with Gasteiger partial charge in [-0.05, 0) is 43.5 Å². The molecule has 1 atom stereocenters. The summed E-state index contributed by atoms with van der Waals surface area (Å²) in [6, 6.07) is 5.80. The summed E-state index contributed by atoms with van der Waals surface area (Å²) in [6.45, 7) is 4.47. The SMILES string of the molecule is Cc1ccn(CCC(=O)N2CCOC(CCc3ccnc(N)c3)C2)n1. The van der Waals surface area contributed by atoms with Crippen LogP contribution in [0.1, 0.15) is 24.1 Å². The van der Waals surface area contributed by atoms with E-state index in [1.165, 1.54) is 0 Å². The molecule has 2 aromatic rings. The van der Waals surface area contributed by atoms with Crippen molar-refractivity contribution in [2.24, 2.45) is 0 Å². The van der Waals surface area contributed by atoms with Crippen LogP contribution in [0.5, 0.6) is 0 Å². The molecule has 0 aromatic carbocycles. The molecule has 0 spiro atoms.